The van der Waals surface area contributed by atoms with Crippen molar-refractivity contribution in [3.63, 3.8) is 0 Å². The Morgan fingerprint density at radius 2 is 1.71 bits per heavy atom. The van der Waals surface area contributed by atoms with Crippen LogP contribution in [-0.2, 0) is 33.7 Å². The Balaban J connectivity index is 1.78. The Bertz CT molecular complexity index is 2720. The van der Waals surface area contributed by atoms with Gasteiger partial charge in [-0.15, -0.1) is 0 Å². The number of hydrogen-bond donors (Lipinski definition) is 5. The summed E-state index contributed by atoms with van der Waals surface area (Å²) in [6, 6.07) is 4.48. The molecule has 2 heterocycles. The number of anilines is 1. The standard InChI is InChI=1S/C42H39ClF10N8O5S2/c1-20-16-40(46,47)36(31(20)35(54)42(51,52)53)55-17-29(62)58-28(14-21-12-22(44)15-23(45)13-21)33-25(7-6-24(57-33)10-11-39(2,3)68(5)66)26-8-9-27(43)32-34(26)60(19-41(48,49)50)59-37(32)61(67-4)38(65)56-18-30(63)64/h6-9,12-13,15,20,28,54-55H,14,16-19H2,1-5H3,(H,56,65)(H,58,62)(H,63,64)/t20-,28?,68?/m0/s1. The van der Waals surface area contributed by atoms with Gasteiger partial charge in [0.25, 0.3) is 5.92 Å². The molecule has 3 amide bonds. The predicted molar refractivity (Wildman–Crippen MR) is 235 cm³/mol. The number of urea groups is 1. The van der Waals surface area contributed by atoms with Gasteiger partial charge in [0, 0.05) is 35.4 Å². The van der Waals surface area contributed by atoms with Crippen LogP contribution in [0.5, 0.6) is 0 Å². The lowest BCUT2D eigenvalue weighted by Crippen LogP contribution is -2.40. The smallest absolute Gasteiger partial charge is 0.433 e. The van der Waals surface area contributed by atoms with E-state index in [9.17, 15) is 54.1 Å². The summed E-state index contributed by atoms with van der Waals surface area (Å²) < 4.78 is 156. The fourth-order valence-electron chi connectivity index (χ4n) is 7.09. The number of fused-ring (bicyclic) bond motifs is 1. The number of benzene rings is 2. The first-order valence-corrected chi connectivity index (χ1v) is 22.8. The molecular formula is C42H39ClF10N8O5S2. The molecule has 2 unspecified atom stereocenters. The average molecular weight is 1030 g/mol. The molecule has 68 heavy (non-hydrogen) atoms. The molecule has 3 atom stereocenters. The minimum Gasteiger partial charge on any atom is -0.615 e. The summed E-state index contributed by atoms with van der Waals surface area (Å²) in [5.41, 5.74) is -5.83. The summed E-state index contributed by atoms with van der Waals surface area (Å²) in [5, 5.41) is 26.9. The zero-order valence-corrected chi connectivity index (χ0v) is 38.5. The number of carbonyl (C=O) groups is 3. The molecule has 0 saturated heterocycles. The normalized spacial score (nSPS) is 15.9. The van der Waals surface area contributed by atoms with E-state index in [1.54, 1.807) is 0 Å². The zero-order chi connectivity index (χ0) is 50.8. The minimum absolute atomic E-state index is 0.122. The number of alkyl halides is 8. The minimum atomic E-state index is -5.34. The van der Waals surface area contributed by atoms with Gasteiger partial charge in [-0.2, -0.15) is 40.2 Å². The van der Waals surface area contributed by atoms with Gasteiger partial charge < -0.3 is 25.6 Å². The molecule has 5 N–H and O–H groups in total. The van der Waals surface area contributed by atoms with E-state index in [0.29, 0.717) is 22.7 Å². The van der Waals surface area contributed by atoms with Crippen molar-refractivity contribution < 1.29 is 67.9 Å². The third-order valence-corrected chi connectivity index (χ3v) is 12.8. The van der Waals surface area contributed by atoms with Crippen molar-refractivity contribution >= 4 is 75.1 Å². The first-order chi connectivity index (χ1) is 31.4. The number of pyridine rings is 1. The second kappa shape index (κ2) is 20.5. The molecule has 0 radical (unpaired) electrons. The number of nitrogens with zero attached hydrogens (tertiary/aromatic N) is 4. The second-order valence-corrected chi connectivity index (χ2v) is 18.8. The van der Waals surface area contributed by atoms with Gasteiger partial charge in [0.2, 0.25) is 5.91 Å². The number of aromatic nitrogens is 3. The Hall–Kier alpha value is -5.71. The molecule has 366 valence electrons. The van der Waals surface area contributed by atoms with E-state index in [4.69, 9.17) is 22.1 Å². The van der Waals surface area contributed by atoms with Crippen molar-refractivity contribution in [3.8, 4) is 23.0 Å². The van der Waals surface area contributed by atoms with Gasteiger partial charge in [-0.25, -0.2) is 22.9 Å². The highest BCUT2D eigenvalue weighted by Crippen LogP contribution is 2.46. The lowest BCUT2D eigenvalue weighted by atomic mass is 9.93. The first-order valence-electron chi connectivity index (χ1n) is 19.7. The Morgan fingerprint density at radius 3 is 2.28 bits per heavy atom. The average Bonchev–Trinajstić information content (AvgIpc) is 3.68. The molecule has 5 rings (SSSR count). The molecule has 2 aromatic heterocycles. The van der Waals surface area contributed by atoms with Crippen LogP contribution in [0, 0.1) is 34.8 Å². The number of halogens is 11. The highest BCUT2D eigenvalue weighted by atomic mass is 35.5. The lowest BCUT2D eigenvalue weighted by Gasteiger charge is -2.24. The molecule has 1 aliphatic carbocycles. The van der Waals surface area contributed by atoms with E-state index >= 15 is 8.78 Å². The van der Waals surface area contributed by atoms with E-state index in [2.05, 4.69) is 32.6 Å². The summed E-state index contributed by atoms with van der Waals surface area (Å²) in [4.78, 5) is 43.0. The van der Waals surface area contributed by atoms with Crippen LogP contribution < -0.4 is 20.3 Å². The zero-order valence-electron chi connectivity index (χ0n) is 36.1. The Morgan fingerprint density at radius 1 is 1.07 bits per heavy atom. The van der Waals surface area contributed by atoms with Crippen LogP contribution in [0.4, 0.5) is 54.5 Å². The SMILES string of the molecule is CSN(C(=O)NCC(=O)O)c1nn(CC(F)(F)F)c2c(-c3ccc(C#CC(C)(C)[S+](C)[O-])nc3C(Cc3cc(F)cc(F)c3)NC(=O)CNC3=C(C(=N)C(F)(F)F)[C@@H](C)CC3(F)F)ccc(Cl)c12. The molecule has 0 spiro atoms. The van der Waals surface area contributed by atoms with Crippen LogP contribution in [0.2, 0.25) is 5.02 Å². The number of rotatable bonds is 15. The third-order valence-electron chi connectivity index (χ3n) is 10.2. The van der Waals surface area contributed by atoms with Crippen molar-refractivity contribution in [1.29, 1.82) is 5.41 Å². The molecule has 1 aliphatic rings. The van der Waals surface area contributed by atoms with Crippen LogP contribution in [-0.4, -0.2) is 96.7 Å². The molecule has 2 aromatic carbocycles. The second-order valence-electron chi connectivity index (χ2n) is 15.7. The van der Waals surface area contributed by atoms with Gasteiger partial charge in [0.05, 0.1) is 46.2 Å². The summed E-state index contributed by atoms with van der Waals surface area (Å²) in [7, 11) is 0. The van der Waals surface area contributed by atoms with E-state index in [0.717, 1.165) is 23.4 Å². The molecular weight excluding hydrogens is 986 g/mol. The van der Waals surface area contributed by atoms with Crippen LogP contribution >= 0.6 is 23.5 Å². The Kier molecular flexibility index (Phi) is 16.0. The molecule has 26 heteroatoms. The van der Waals surface area contributed by atoms with Gasteiger partial charge in [-0.1, -0.05) is 24.6 Å². The number of hydrogen-bond acceptors (Lipinski definition) is 9. The molecule has 0 saturated carbocycles. The van der Waals surface area contributed by atoms with Crippen molar-refractivity contribution in [1.82, 2.24) is 30.7 Å². The van der Waals surface area contributed by atoms with E-state index in [-0.39, 0.29) is 38.5 Å². The van der Waals surface area contributed by atoms with Crippen LogP contribution in [0.1, 0.15) is 50.2 Å². The van der Waals surface area contributed by atoms with Gasteiger partial charge in [-0.3, -0.25) is 19.7 Å². The maximum absolute atomic E-state index is 15.2. The summed E-state index contributed by atoms with van der Waals surface area (Å²) in [5.74, 6) is -5.25. The van der Waals surface area contributed by atoms with Gasteiger partial charge in [-0.05, 0) is 97.0 Å². The fourth-order valence-corrected chi connectivity index (χ4v) is 8.06. The lowest BCUT2D eigenvalue weighted by molar-refractivity contribution is -0.142. The highest BCUT2D eigenvalue weighted by molar-refractivity contribution is 8.00. The summed E-state index contributed by atoms with van der Waals surface area (Å²) >= 11 is 5.70. The van der Waals surface area contributed by atoms with Gasteiger partial charge >= 0.3 is 24.4 Å². The number of carboxylic acids is 1. The van der Waals surface area contributed by atoms with Crippen LogP contribution in [0.25, 0.3) is 22.0 Å². The van der Waals surface area contributed by atoms with Crippen LogP contribution in [0.15, 0.2) is 53.7 Å². The van der Waals surface area contributed by atoms with Crippen molar-refractivity contribution in [2.45, 2.75) is 69.2 Å². The largest absolute Gasteiger partial charge is 0.615 e. The number of aliphatic carboxylic acids is 1. The molecule has 0 aliphatic heterocycles. The number of allylic oxidation sites excluding steroid dienone is 2. The number of amides is 3. The number of carboxylic acid groups (broad SMARTS) is 1. The maximum Gasteiger partial charge on any atom is 0.433 e. The fraction of sp³-hybridized carbons (Fsp3) is 0.381. The van der Waals surface area contributed by atoms with Crippen molar-refractivity contribution in [2.24, 2.45) is 5.92 Å². The van der Waals surface area contributed by atoms with Crippen molar-refractivity contribution in [3.05, 3.63) is 87.3 Å². The van der Waals surface area contributed by atoms with Gasteiger partial charge in [0.15, 0.2) is 10.6 Å². The molecule has 0 bridgehead atoms. The van der Waals surface area contributed by atoms with E-state index < -0.39 is 136 Å². The Labute approximate surface area is 393 Å². The molecule has 0 fully saturated rings. The van der Waals surface area contributed by atoms with Crippen LogP contribution in [0.3, 0.4) is 0 Å². The first kappa shape index (κ1) is 53.2. The predicted octanol–water partition coefficient (Wildman–Crippen LogP) is 8.48. The molecule has 13 nitrogen and oxygen atoms in total. The number of carbonyl (C=O) groups excluding carboxylic acids is 2. The molecule has 4 aromatic rings. The topological polar surface area (TPSA) is 188 Å². The maximum atomic E-state index is 15.2. The highest BCUT2D eigenvalue weighted by Gasteiger charge is 2.51. The third kappa shape index (κ3) is 12.5. The van der Waals surface area contributed by atoms with Gasteiger partial charge in [0.1, 0.15) is 36.1 Å². The quantitative estimate of drug-likeness (QED) is 0.0256. The number of nitrogens with one attached hydrogen (secondary N) is 4. The monoisotopic (exact) mass is 1020 g/mol. The van der Waals surface area contributed by atoms with E-state index in [1.165, 1.54) is 50.6 Å². The summed E-state index contributed by atoms with van der Waals surface area (Å²) in [6.07, 6.45) is -9.37. The van der Waals surface area contributed by atoms with E-state index in [1.807, 2.05) is 5.32 Å². The van der Waals surface area contributed by atoms with Crippen molar-refractivity contribution in [2.75, 3.05) is 29.9 Å². The summed E-state index contributed by atoms with van der Waals surface area (Å²) in [6.45, 7) is 0.226.